The van der Waals surface area contributed by atoms with Crippen LogP contribution in [0.2, 0.25) is 0 Å². The summed E-state index contributed by atoms with van der Waals surface area (Å²) in [5.74, 6) is 0.980. The van der Waals surface area contributed by atoms with Crippen LogP contribution in [0, 0.1) is 5.92 Å². The van der Waals surface area contributed by atoms with Gasteiger partial charge in [0.05, 0.1) is 5.92 Å². The molecule has 1 fully saturated rings. The van der Waals surface area contributed by atoms with Gasteiger partial charge in [0.1, 0.15) is 0 Å². The number of fused-ring (bicyclic) bond motifs is 1. The van der Waals surface area contributed by atoms with Crippen LogP contribution in [-0.4, -0.2) is 30.1 Å². The molecule has 0 bridgehead atoms. The van der Waals surface area contributed by atoms with Gasteiger partial charge in [-0.2, -0.15) is 0 Å². The minimum absolute atomic E-state index is 0.00315. The van der Waals surface area contributed by atoms with Gasteiger partial charge in [-0.1, -0.05) is 31.2 Å². The Morgan fingerprint density at radius 1 is 1.19 bits per heavy atom. The van der Waals surface area contributed by atoms with E-state index >= 15 is 0 Å². The highest BCUT2D eigenvalue weighted by Crippen LogP contribution is 2.33. The number of benzene rings is 2. The van der Waals surface area contributed by atoms with E-state index in [0.29, 0.717) is 18.8 Å². The average Bonchev–Trinajstić information content (AvgIpc) is 3.28. The first kappa shape index (κ1) is 17.4. The van der Waals surface area contributed by atoms with Crippen LogP contribution in [0.25, 0.3) is 0 Å². The zero-order valence-corrected chi connectivity index (χ0v) is 15.2. The lowest BCUT2D eigenvalue weighted by molar-refractivity contribution is -0.128. The third-order valence-corrected chi connectivity index (χ3v) is 5.05. The highest BCUT2D eigenvalue weighted by Gasteiger charge is 2.34. The van der Waals surface area contributed by atoms with E-state index in [-0.39, 0.29) is 30.9 Å². The lowest BCUT2D eigenvalue weighted by Crippen LogP contribution is -2.28. The van der Waals surface area contributed by atoms with E-state index < -0.39 is 0 Å². The highest BCUT2D eigenvalue weighted by atomic mass is 16.7. The molecule has 6 nitrogen and oxygen atoms in total. The number of rotatable bonds is 5. The number of carbonyl (C=O) groups excluding carboxylic acids is 2. The molecule has 0 radical (unpaired) electrons. The fourth-order valence-corrected chi connectivity index (χ4v) is 3.55. The highest BCUT2D eigenvalue weighted by molar-refractivity contribution is 5.97. The van der Waals surface area contributed by atoms with Gasteiger partial charge in [-0.3, -0.25) is 9.59 Å². The summed E-state index contributed by atoms with van der Waals surface area (Å²) in [6, 6.07) is 13.4. The molecule has 6 heteroatoms. The van der Waals surface area contributed by atoms with Gasteiger partial charge in [-0.25, -0.2) is 0 Å². The Kier molecular flexibility index (Phi) is 4.71. The third-order valence-electron chi connectivity index (χ3n) is 5.05. The monoisotopic (exact) mass is 366 g/mol. The summed E-state index contributed by atoms with van der Waals surface area (Å²) in [4.78, 5) is 26.8. The predicted octanol–water partition coefficient (Wildman–Crippen LogP) is 2.96. The van der Waals surface area contributed by atoms with Crippen LogP contribution in [0.15, 0.2) is 42.5 Å². The normalized spacial score (nSPS) is 18.0. The standard InChI is InChI=1S/C21H22N2O4/c1-2-15-5-3-4-6-17(15)22-21(25)16-10-20(24)23(12-16)11-14-7-8-18-19(9-14)27-13-26-18/h3-9,16H,2,10-13H2,1H3,(H,22,25). The molecule has 2 aromatic rings. The van der Waals surface area contributed by atoms with Crippen molar-refractivity contribution in [2.75, 3.05) is 18.7 Å². The van der Waals surface area contributed by atoms with E-state index in [9.17, 15) is 9.59 Å². The molecule has 0 spiro atoms. The second kappa shape index (κ2) is 7.31. The van der Waals surface area contributed by atoms with Crippen molar-refractivity contribution >= 4 is 17.5 Å². The smallest absolute Gasteiger partial charge is 0.231 e. The molecule has 27 heavy (non-hydrogen) atoms. The van der Waals surface area contributed by atoms with E-state index in [4.69, 9.17) is 9.47 Å². The number of nitrogens with one attached hydrogen (secondary N) is 1. The van der Waals surface area contributed by atoms with Crippen molar-refractivity contribution in [3.8, 4) is 11.5 Å². The number of ether oxygens (including phenoxy) is 2. The zero-order valence-electron chi connectivity index (χ0n) is 15.2. The summed E-state index contributed by atoms with van der Waals surface area (Å²) in [6.07, 6.45) is 1.08. The van der Waals surface area contributed by atoms with Crippen molar-refractivity contribution in [3.63, 3.8) is 0 Å². The number of para-hydroxylation sites is 1. The summed E-state index contributed by atoms with van der Waals surface area (Å²) in [7, 11) is 0. The summed E-state index contributed by atoms with van der Waals surface area (Å²) < 4.78 is 10.7. The van der Waals surface area contributed by atoms with Crippen LogP contribution in [0.5, 0.6) is 11.5 Å². The Balaban J connectivity index is 1.40. The number of anilines is 1. The van der Waals surface area contributed by atoms with Gasteiger partial charge < -0.3 is 19.7 Å². The van der Waals surface area contributed by atoms with Gasteiger partial charge in [-0.05, 0) is 35.7 Å². The molecule has 4 rings (SSSR count). The molecule has 2 heterocycles. The maximum absolute atomic E-state index is 12.7. The third kappa shape index (κ3) is 3.60. The molecule has 1 atom stereocenters. The zero-order chi connectivity index (χ0) is 18.8. The van der Waals surface area contributed by atoms with Crippen LogP contribution >= 0.6 is 0 Å². The van der Waals surface area contributed by atoms with E-state index in [1.807, 2.05) is 42.5 Å². The second-order valence-electron chi connectivity index (χ2n) is 6.86. The maximum Gasteiger partial charge on any atom is 0.231 e. The number of carbonyl (C=O) groups is 2. The maximum atomic E-state index is 12.7. The summed E-state index contributed by atoms with van der Waals surface area (Å²) in [5.41, 5.74) is 2.88. The number of hydrogen-bond acceptors (Lipinski definition) is 4. The first-order chi connectivity index (χ1) is 13.1. The first-order valence-electron chi connectivity index (χ1n) is 9.19. The number of hydrogen-bond donors (Lipinski definition) is 1. The Hall–Kier alpha value is -3.02. The number of likely N-dealkylation sites (tertiary alicyclic amines) is 1. The van der Waals surface area contributed by atoms with Crippen LogP contribution in [0.4, 0.5) is 5.69 Å². The van der Waals surface area contributed by atoms with Crippen molar-refractivity contribution in [1.82, 2.24) is 4.90 Å². The Labute approximate surface area is 158 Å². The topological polar surface area (TPSA) is 67.9 Å². The van der Waals surface area contributed by atoms with Gasteiger partial charge in [0.15, 0.2) is 11.5 Å². The van der Waals surface area contributed by atoms with Gasteiger partial charge in [0.2, 0.25) is 18.6 Å². The molecule has 1 saturated heterocycles. The fraction of sp³-hybridized carbons (Fsp3) is 0.333. The fourth-order valence-electron chi connectivity index (χ4n) is 3.55. The Morgan fingerprint density at radius 3 is 2.85 bits per heavy atom. The number of amides is 2. The van der Waals surface area contributed by atoms with Crippen molar-refractivity contribution in [1.29, 1.82) is 0 Å². The van der Waals surface area contributed by atoms with E-state index in [0.717, 1.165) is 29.0 Å². The Bertz CT molecular complexity index is 880. The summed E-state index contributed by atoms with van der Waals surface area (Å²) in [5, 5.41) is 2.99. The van der Waals surface area contributed by atoms with Crippen molar-refractivity contribution in [2.24, 2.45) is 5.92 Å². The second-order valence-corrected chi connectivity index (χ2v) is 6.86. The van der Waals surface area contributed by atoms with Gasteiger partial charge in [-0.15, -0.1) is 0 Å². The van der Waals surface area contributed by atoms with E-state index in [1.165, 1.54) is 0 Å². The van der Waals surface area contributed by atoms with Crippen LogP contribution in [-0.2, 0) is 22.6 Å². The molecule has 0 aliphatic carbocycles. The first-order valence-corrected chi connectivity index (χ1v) is 9.19. The number of aryl methyl sites for hydroxylation is 1. The van der Waals surface area contributed by atoms with Crippen LogP contribution < -0.4 is 14.8 Å². The molecule has 2 aliphatic heterocycles. The molecule has 1 N–H and O–H groups in total. The SMILES string of the molecule is CCc1ccccc1NC(=O)C1CC(=O)N(Cc2ccc3c(c2)OCO3)C1. The van der Waals surface area contributed by atoms with Gasteiger partial charge in [0.25, 0.3) is 0 Å². The lowest BCUT2D eigenvalue weighted by Gasteiger charge is -2.17. The predicted molar refractivity (Wildman–Crippen MR) is 101 cm³/mol. The van der Waals surface area contributed by atoms with E-state index in [2.05, 4.69) is 12.2 Å². The largest absolute Gasteiger partial charge is 0.454 e. The lowest BCUT2D eigenvalue weighted by atomic mass is 10.1. The minimum atomic E-state index is -0.337. The number of nitrogens with zero attached hydrogens (tertiary/aromatic N) is 1. The molecular formula is C21H22N2O4. The van der Waals surface area contributed by atoms with Crippen LogP contribution in [0.1, 0.15) is 24.5 Å². The molecule has 0 aromatic heterocycles. The molecule has 2 aromatic carbocycles. The van der Waals surface area contributed by atoms with Crippen molar-refractivity contribution in [3.05, 3.63) is 53.6 Å². The van der Waals surface area contributed by atoms with Crippen LogP contribution in [0.3, 0.4) is 0 Å². The quantitative estimate of drug-likeness (QED) is 0.883. The van der Waals surface area contributed by atoms with Gasteiger partial charge in [0, 0.05) is 25.2 Å². The Morgan fingerprint density at radius 2 is 2.00 bits per heavy atom. The average molecular weight is 366 g/mol. The minimum Gasteiger partial charge on any atom is -0.454 e. The summed E-state index contributed by atoms with van der Waals surface area (Å²) in [6.45, 7) is 3.16. The van der Waals surface area contributed by atoms with Gasteiger partial charge >= 0.3 is 0 Å². The molecule has 140 valence electrons. The molecule has 1 unspecified atom stereocenters. The summed E-state index contributed by atoms with van der Waals surface area (Å²) >= 11 is 0. The molecule has 2 amide bonds. The van der Waals surface area contributed by atoms with Crippen molar-refractivity contribution < 1.29 is 19.1 Å². The van der Waals surface area contributed by atoms with E-state index in [1.54, 1.807) is 4.90 Å². The molecular weight excluding hydrogens is 344 g/mol. The molecule has 0 saturated carbocycles. The molecule has 2 aliphatic rings. The van der Waals surface area contributed by atoms with Crippen molar-refractivity contribution in [2.45, 2.75) is 26.3 Å².